The number of aromatic nitrogens is 2. The number of hydrogen-bond acceptors (Lipinski definition) is 5. The summed E-state index contributed by atoms with van der Waals surface area (Å²) in [7, 11) is 0. The smallest absolute Gasteiger partial charge is 0.262 e. The number of nitrogens with one attached hydrogen (secondary N) is 2. The van der Waals surface area contributed by atoms with Crippen molar-refractivity contribution in [2.75, 3.05) is 13.3 Å². The summed E-state index contributed by atoms with van der Waals surface area (Å²) in [6, 6.07) is 20.6. The summed E-state index contributed by atoms with van der Waals surface area (Å²) in [6.07, 6.45) is 0.772. The van der Waals surface area contributed by atoms with Crippen molar-refractivity contribution in [2.24, 2.45) is 0 Å². The molecule has 4 aromatic rings. The first-order chi connectivity index (χ1) is 16.1. The summed E-state index contributed by atoms with van der Waals surface area (Å²) >= 11 is 5.42. The lowest BCUT2D eigenvalue weighted by Gasteiger charge is -2.10. The minimum atomic E-state index is -0.213. The van der Waals surface area contributed by atoms with E-state index in [9.17, 15) is 9.59 Å². The van der Waals surface area contributed by atoms with Gasteiger partial charge >= 0.3 is 0 Å². The molecule has 0 fully saturated rings. The number of rotatable bonds is 6. The van der Waals surface area contributed by atoms with Crippen LogP contribution in [0.1, 0.15) is 21.5 Å². The van der Waals surface area contributed by atoms with Crippen molar-refractivity contribution < 1.29 is 14.3 Å². The van der Waals surface area contributed by atoms with Gasteiger partial charge in [0.05, 0.1) is 17.4 Å². The Morgan fingerprint density at radius 3 is 2.48 bits per heavy atom. The first-order valence-electron chi connectivity index (χ1n) is 10.6. The summed E-state index contributed by atoms with van der Waals surface area (Å²) in [5, 5.41) is 3.41. The quantitative estimate of drug-likeness (QED) is 0.429. The summed E-state index contributed by atoms with van der Waals surface area (Å²) in [5.41, 5.74) is 2.99. The molecule has 0 aliphatic carbocycles. The van der Waals surface area contributed by atoms with Gasteiger partial charge in [0, 0.05) is 18.2 Å². The first-order valence-corrected chi connectivity index (χ1v) is 11.0. The van der Waals surface area contributed by atoms with Crippen LogP contribution < -0.4 is 20.3 Å². The molecule has 1 aromatic heterocycles. The third-order valence-electron chi connectivity index (χ3n) is 5.57. The van der Waals surface area contributed by atoms with Crippen LogP contribution in [0.25, 0.3) is 10.9 Å². The Morgan fingerprint density at radius 2 is 1.73 bits per heavy atom. The highest BCUT2D eigenvalue weighted by Crippen LogP contribution is 2.34. The molecule has 0 spiro atoms. The SMILES string of the molecule is O=C(NCCc1ccccc1)c1ccc(Cn2c(=S)[nH]c3cc4c(cc3c2=O)OCO4)cc1. The second-order valence-electron chi connectivity index (χ2n) is 7.76. The van der Waals surface area contributed by atoms with Gasteiger partial charge in [-0.2, -0.15) is 0 Å². The van der Waals surface area contributed by atoms with Crippen LogP contribution in [0.5, 0.6) is 11.5 Å². The fourth-order valence-corrected chi connectivity index (χ4v) is 4.05. The zero-order valence-electron chi connectivity index (χ0n) is 17.7. The second-order valence-corrected chi connectivity index (χ2v) is 8.15. The number of hydrogen-bond donors (Lipinski definition) is 2. The lowest BCUT2D eigenvalue weighted by Crippen LogP contribution is -2.25. The third kappa shape index (κ3) is 4.38. The molecular formula is C25H21N3O4S. The van der Waals surface area contributed by atoms with Crippen molar-refractivity contribution in [3.63, 3.8) is 0 Å². The van der Waals surface area contributed by atoms with Crippen molar-refractivity contribution >= 4 is 29.0 Å². The Morgan fingerprint density at radius 1 is 1.00 bits per heavy atom. The molecule has 0 atom stereocenters. The number of nitrogens with zero attached hydrogens (tertiary/aromatic N) is 1. The lowest BCUT2D eigenvalue weighted by molar-refractivity contribution is 0.0954. The highest BCUT2D eigenvalue weighted by molar-refractivity contribution is 7.71. The van der Waals surface area contributed by atoms with E-state index in [-0.39, 0.29) is 24.8 Å². The van der Waals surface area contributed by atoms with Gasteiger partial charge in [0.25, 0.3) is 11.5 Å². The van der Waals surface area contributed by atoms with Crippen LogP contribution in [0, 0.1) is 4.77 Å². The number of H-pyrrole nitrogens is 1. The fraction of sp³-hybridized carbons (Fsp3) is 0.160. The zero-order valence-corrected chi connectivity index (χ0v) is 18.5. The number of benzene rings is 3. The third-order valence-corrected chi connectivity index (χ3v) is 5.90. The number of aromatic amines is 1. The molecule has 0 radical (unpaired) electrons. The lowest BCUT2D eigenvalue weighted by atomic mass is 10.1. The molecule has 1 amide bonds. The van der Waals surface area contributed by atoms with E-state index < -0.39 is 0 Å². The molecule has 1 aliphatic rings. The Balaban J connectivity index is 1.30. The van der Waals surface area contributed by atoms with Gasteiger partial charge in [-0.3, -0.25) is 14.2 Å². The normalized spacial score (nSPS) is 12.1. The van der Waals surface area contributed by atoms with Gasteiger partial charge < -0.3 is 19.8 Å². The topological polar surface area (TPSA) is 85.4 Å². The van der Waals surface area contributed by atoms with Crippen molar-refractivity contribution in [1.29, 1.82) is 0 Å². The Labute approximate surface area is 194 Å². The molecule has 0 saturated heterocycles. The van der Waals surface area contributed by atoms with Crippen molar-refractivity contribution in [2.45, 2.75) is 13.0 Å². The Bertz CT molecular complexity index is 1440. The predicted molar refractivity (Wildman–Crippen MR) is 128 cm³/mol. The zero-order chi connectivity index (χ0) is 22.8. The molecule has 0 saturated carbocycles. The largest absolute Gasteiger partial charge is 0.454 e. The van der Waals surface area contributed by atoms with E-state index in [2.05, 4.69) is 10.3 Å². The summed E-state index contributed by atoms with van der Waals surface area (Å²) in [5.74, 6) is 0.996. The molecule has 166 valence electrons. The molecule has 0 unspecified atom stereocenters. The van der Waals surface area contributed by atoms with E-state index in [1.165, 1.54) is 10.1 Å². The van der Waals surface area contributed by atoms with E-state index >= 15 is 0 Å². The first kappa shape index (κ1) is 21.0. The maximum absolute atomic E-state index is 13.1. The molecule has 1 aliphatic heterocycles. The number of carbonyl (C=O) groups excluding carboxylic acids is 1. The Hall–Kier alpha value is -3.91. The van der Waals surface area contributed by atoms with Crippen molar-refractivity contribution in [3.05, 3.63) is 98.5 Å². The fourth-order valence-electron chi connectivity index (χ4n) is 3.80. The van der Waals surface area contributed by atoms with Crippen molar-refractivity contribution in [3.8, 4) is 11.5 Å². The summed E-state index contributed by atoms with van der Waals surface area (Å²) < 4.78 is 12.6. The van der Waals surface area contributed by atoms with E-state index in [0.717, 1.165) is 12.0 Å². The van der Waals surface area contributed by atoms with Gasteiger partial charge in [-0.15, -0.1) is 0 Å². The van der Waals surface area contributed by atoms with Gasteiger partial charge in [-0.1, -0.05) is 42.5 Å². The second kappa shape index (κ2) is 8.91. The molecule has 2 N–H and O–H groups in total. The molecule has 7 nitrogen and oxygen atoms in total. The van der Waals surface area contributed by atoms with Crippen molar-refractivity contribution in [1.82, 2.24) is 14.9 Å². The van der Waals surface area contributed by atoms with E-state index in [1.807, 2.05) is 42.5 Å². The highest BCUT2D eigenvalue weighted by atomic mass is 32.1. The van der Waals surface area contributed by atoms with Crippen LogP contribution in [-0.2, 0) is 13.0 Å². The maximum atomic E-state index is 13.1. The highest BCUT2D eigenvalue weighted by Gasteiger charge is 2.17. The standard InChI is InChI=1S/C25H21N3O4S/c29-23(26-11-10-16-4-2-1-3-5-16)18-8-6-17(7-9-18)14-28-24(30)19-12-21-22(32-15-31-21)13-20(19)27-25(28)33/h1-9,12-13H,10-11,14-15H2,(H,26,29)(H,27,33). The van der Waals surface area contributed by atoms with Gasteiger partial charge in [0.1, 0.15) is 0 Å². The number of fused-ring (bicyclic) bond motifs is 2. The average molecular weight is 460 g/mol. The van der Waals surface area contributed by atoms with E-state index in [1.54, 1.807) is 24.3 Å². The van der Waals surface area contributed by atoms with Crippen LogP contribution in [0.3, 0.4) is 0 Å². The van der Waals surface area contributed by atoms with E-state index in [0.29, 0.717) is 39.3 Å². The van der Waals surface area contributed by atoms with Gasteiger partial charge in [-0.05, 0) is 48.0 Å². The molecular weight excluding hydrogens is 438 g/mol. The van der Waals surface area contributed by atoms with E-state index in [4.69, 9.17) is 21.7 Å². The van der Waals surface area contributed by atoms with Gasteiger partial charge in [-0.25, -0.2) is 0 Å². The molecule has 0 bridgehead atoms. The molecule has 5 rings (SSSR count). The summed E-state index contributed by atoms with van der Waals surface area (Å²) in [4.78, 5) is 28.6. The maximum Gasteiger partial charge on any atom is 0.262 e. The van der Waals surface area contributed by atoms with Crippen LogP contribution in [0.4, 0.5) is 0 Å². The van der Waals surface area contributed by atoms with Crippen LogP contribution in [-0.4, -0.2) is 28.8 Å². The monoisotopic (exact) mass is 459 g/mol. The van der Waals surface area contributed by atoms with Gasteiger partial charge in [0.15, 0.2) is 16.3 Å². The van der Waals surface area contributed by atoms with Crippen LogP contribution in [0.2, 0.25) is 0 Å². The molecule has 33 heavy (non-hydrogen) atoms. The minimum Gasteiger partial charge on any atom is -0.454 e. The molecule has 2 heterocycles. The summed E-state index contributed by atoms with van der Waals surface area (Å²) in [6.45, 7) is 0.978. The number of carbonyl (C=O) groups is 1. The number of amides is 1. The van der Waals surface area contributed by atoms with Crippen LogP contribution >= 0.6 is 12.2 Å². The molecule has 8 heteroatoms. The number of ether oxygens (including phenoxy) is 2. The minimum absolute atomic E-state index is 0.131. The average Bonchev–Trinajstić information content (AvgIpc) is 3.29. The molecule has 3 aromatic carbocycles. The Kier molecular flexibility index (Phi) is 5.66. The van der Waals surface area contributed by atoms with Gasteiger partial charge in [0.2, 0.25) is 6.79 Å². The van der Waals surface area contributed by atoms with Crippen LogP contribution in [0.15, 0.2) is 71.5 Å². The predicted octanol–water partition coefficient (Wildman–Crippen LogP) is 3.81.